The molecule has 162 valence electrons. The Morgan fingerprint density at radius 1 is 1.17 bits per heavy atom. The zero-order valence-electron chi connectivity index (χ0n) is 16.5. The molecule has 30 heavy (non-hydrogen) atoms. The molecule has 8 nitrogen and oxygen atoms in total. The van der Waals surface area contributed by atoms with Gasteiger partial charge in [-0.3, -0.25) is 4.79 Å². The van der Waals surface area contributed by atoms with E-state index >= 15 is 0 Å². The van der Waals surface area contributed by atoms with E-state index in [0.717, 1.165) is 19.4 Å². The number of carbonyl (C=O) groups is 1. The van der Waals surface area contributed by atoms with Gasteiger partial charge in [-0.25, -0.2) is 8.42 Å². The summed E-state index contributed by atoms with van der Waals surface area (Å²) in [5.41, 5.74) is 1.09. The van der Waals surface area contributed by atoms with Crippen LogP contribution in [0.4, 0.5) is 11.4 Å². The van der Waals surface area contributed by atoms with Crippen molar-refractivity contribution in [2.24, 2.45) is 0 Å². The number of nitrogens with one attached hydrogen (secondary N) is 2. The molecular weight excluding hydrogens is 426 g/mol. The van der Waals surface area contributed by atoms with Crippen molar-refractivity contribution >= 4 is 38.6 Å². The molecule has 3 heterocycles. The number of anilines is 2. The van der Waals surface area contributed by atoms with E-state index in [-0.39, 0.29) is 16.9 Å². The number of rotatable bonds is 7. The van der Waals surface area contributed by atoms with Crippen molar-refractivity contribution in [3.8, 4) is 0 Å². The first-order chi connectivity index (χ1) is 14.5. The Hall–Kier alpha value is -1.98. The highest BCUT2D eigenvalue weighted by Crippen LogP contribution is 2.29. The summed E-state index contributed by atoms with van der Waals surface area (Å²) in [4.78, 5) is 13.3. The fraction of sp³-hybridized carbons (Fsp3) is 0.450. The number of ether oxygens (including phenoxy) is 2. The van der Waals surface area contributed by atoms with E-state index in [1.54, 1.807) is 24.3 Å². The van der Waals surface area contributed by atoms with Crippen LogP contribution in [0.5, 0.6) is 0 Å². The first kappa shape index (κ1) is 21.3. The number of hydrogen-bond donors (Lipinski definition) is 2. The standard InChI is InChI=1S/C20H25N3O5S2/c24-20(19-4-2-12-29-19)22-18-13-16(30(25,26)23-7-10-27-11-8-23)5-6-17(18)21-14-15-3-1-9-28-15/h2,4-6,12-13,15,21H,1,3,7-11,14H2,(H,22,24)/t15-/m0/s1. The molecule has 1 aromatic heterocycles. The molecule has 2 N–H and O–H groups in total. The lowest BCUT2D eigenvalue weighted by atomic mass is 10.2. The lowest BCUT2D eigenvalue weighted by Gasteiger charge is -2.26. The van der Waals surface area contributed by atoms with Crippen LogP contribution < -0.4 is 10.6 Å². The number of carbonyl (C=O) groups excluding carboxylic acids is 1. The fourth-order valence-electron chi connectivity index (χ4n) is 3.50. The predicted molar refractivity (Wildman–Crippen MR) is 116 cm³/mol. The zero-order chi connectivity index (χ0) is 21.0. The summed E-state index contributed by atoms with van der Waals surface area (Å²) < 4.78 is 38.4. The van der Waals surface area contributed by atoms with E-state index in [0.29, 0.717) is 49.1 Å². The Kier molecular flexibility index (Phi) is 6.69. The molecule has 1 amide bonds. The predicted octanol–water partition coefficient (Wildman–Crippen LogP) is 2.61. The summed E-state index contributed by atoms with van der Waals surface area (Å²) >= 11 is 1.33. The summed E-state index contributed by atoms with van der Waals surface area (Å²) in [5, 5.41) is 7.99. The van der Waals surface area contributed by atoms with Gasteiger partial charge in [-0.2, -0.15) is 4.31 Å². The molecule has 10 heteroatoms. The Labute approximate surface area is 180 Å². The van der Waals surface area contributed by atoms with Crippen LogP contribution in [0.3, 0.4) is 0 Å². The molecular formula is C20H25N3O5S2. The SMILES string of the molecule is O=C(Nc1cc(S(=O)(=O)N2CCOCC2)ccc1NC[C@@H]1CCCO1)c1cccs1. The van der Waals surface area contributed by atoms with Crippen molar-refractivity contribution in [2.75, 3.05) is 50.1 Å². The normalized spacial score (nSPS) is 20.2. The summed E-state index contributed by atoms with van der Waals surface area (Å²) in [6.45, 7) is 2.74. The molecule has 2 aliphatic rings. The number of thiophene rings is 1. The molecule has 0 aliphatic carbocycles. The maximum Gasteiger partial charge on any atom is 0.265 e. The number of morpholine rings is 1. The molecule has 0 unspecified atom stereocenters. The van der Waals surface area contributed by atoms with Crippen LogP contribution in [0.15, 0.2) is 40.6 Å². The highest BCUT2D eigenvalue weighted by Gasteiger charge is 2.27. The number of nitrogens with zero attached hydrogens (tertiary/aromatic N) is 1. The van der Waals surface area contributed by atoms with Gasteiger partial charge in [0, 0.05) is 26.2 Å². The third-order valence-corrected chi connectivity index (χ3v) is 7.90. The highest BCUT2D eigenvalue weighted by molar-refractivity contribution is 7.89. The van der Waals surface area contributed by atoms with Gasteiger partial charge in [0.15, 0.2) is 0 Å². The van der Waals surface area contributed by atoms with E-state index in [4.69, 9.17) is 9.47 Å². The third kappa shape index (κ3) is 4.84. The van der Waals surface area contributed by atoms with E-state index in [1.807, 2.05) is 5.38 Å². The molecule has 2 aromatic rings. The van der Waals surface area contributed by atoms with Gasteiger partial charge in [-0.15, -0.1) is 11.3 Å². The molecule has 4 rings (SSSR count). The van der Waals surface area contributed by atoms with Crippen LogP contribution in [-0.2, 0) is 19.5 Å². The first-order valence-corrected chi connectivity index (χ1v) is 12.3. The van der Waals surface area contributed by atoms with Gasteiger partial charge in [0.25, 0.3) is 5.91 Å². The molecule has 2 saturated heterocycles. The van der Waals surface area contributed by atoms with Crippen molar-refractivity contribution < 1.29 is 22.7 Å². The second-order valence-electron chi connectivity index (χ2n) is 7.17. The van der Waals surface area contributed by atoms with Crippen LogP contribution in [0, 0.1) is 0 Å². The summed E-state index contributed by atoms with van der Waals surface area (Å²) in [6, 6.07) is 8.33. The average molecular weight is 452 g/mol. The van der Waals surface area contributed by atoms with Crippen LogP contribution in [0.2, 0.25) is 0 Å². The van der Waals surface area contributed by atoms with Crippen molar-refractivity contribution in [3.63, 3.8) is 0 Å². The minimum Gasteiger partial charge on any atom is -0.381 e. The van der Waals surface area contributed by atoms with Crippen molar-refractivity contribution in [3.05, 3.63) is 40.6 Å². The molecule has 1 aromatic carbocycles. The molecule has 0 radical (unpaired) electrons. The lowest BCUT2D eigenvalue weighted by Crippen LogP contribution is -2.40. The molecule has 1 atom stereocenters. The maximum absolute atomic E-state index is 13.1. The van der Waals surface area contributed by atoms with Gasteiger partial charge >= 0.3 is 0 Å². The minimum atomic E-state index is -3.67. The second kappa shape index (κ2) is 9.44. The Morgan fingerprint density at radius 3 is 2.70 bits per heavy atom. The minimum absolute atomic E-state index is 0.114. The van der Waals surface area contributed by atoms with Crippen LogP contribution >= 0.6 is 11.3 Å². The van der Waals surface area contributed by atoms with E-state index in [9.17, 15) is 13.2 Å². The zero-order valence-corrected chi connectivity index (χ0v) is 18.1. The van der Waals surface area contributed by atoms with Gasteiger partial charge in [-0.1, -0.05) is 6.07 Å². The van der Waals surface area contributed by atoms with Gasteiger partial charge < -0.3 is 20.1 Å². The van der Waals surface area contributed by atoms with Crippen LogP contribution in [-0.4, -0.2) is 64.2 Å². The summed E-state index contributed by atoms with van der Waals surface area (Å²) in [7, 11) is -3.67. The second-order valence-corrected chi connectivity index (χ2v) is 10.1. The molecule has 2 fully saturated rings. The van der Waals surface area contributed by atoms with E-state index in [1.165, 1.54) is 21.7 Å². The number of hydrogen-bond acceptors (Lipinski definition) is 7. The summed E-state index contributed by atoms with van der Waals surface area (Å²) in [5.74, 6) is -0.272. The Balaban J connectivity index is 1.59. The van der Waals surface area contributed by atoms with Gasteiger partial charge in [0.2, 0.25) is 10.0 Å². The fourth-order valence-corrected chi connectivity index (χ4v) is 5.55. The molecule has 0 saturated carbocycles. The number of benzene rings is 1. The number of amides is 1. The summed E-state index contributed by atoms with van der Waals surface area (Å²) in [6.07, 6.45) is 2.13. The largest absolute Gasteiger partial charge is 0.381 e. The Bertz CT molecular complexity index is 966. The number of sulfonamides is 1. The van der Waals surface area contributed by atoms with Crippen molar-refractivity contribution in [1.82, 2.24) is 4.31 Å². The maximum atomic E-state index is 13.1. The lowest BCUT2D eigenvalue weighted by molar-refractivity contribution is 0.0730. The van der Waals surface area contributed by atoms with Crippen LogP contribution in [0.1, 0.15) is 22.5 Å². The molecule has 2 aliphatic heterocycles. The smallest absolute Gasteiger partial charge is 0.265 e. The van der Waals surface area contributed by atoms with Crippen LogP contribution in [0.25, 0.3) is 0 Å². The van der Waals surface area contributed by atoms with E-state index in [2.05, 4.69) is 10.6 Å². The molecule has 0 bridgehead atoms. The Morgan fingerprint density at radius 2 is 2.00 bits per heavy atom. The highest BCUT2D eigenvalue weighted by atomic mass is 32.2. The van der Waals surface area contributed by atoms with Crippen molar-refractivity contribution in [2.45, 2.75) is 23.8 Å². The average Bonchev–Trinajstić information content (AvgIpc) is 3.47. The quantitative estimate of drug-likeness (QED) is 0.672. The van der Waals surface area contributed by atoms with E-state index < -0.39 is 10.0 Å². The first-order valence-electron chi connectivity index (χ1n) is 9.96. The van der Waals surface area contributed by atoms with Gasteiger partial charge in [-0.05, 0) is 42.5 Å². The van der Waals surface area contributed by atoms with Gasteiger partial charge in [0.1, 0.15) is 0 Å². The van der Waals surface area contributed by atoms with Crippen molar-refractivity contribution in [1.29, 1.82) is 0 Å². The topological polar surface area (TPSA) is 97.0 Å². The monoisotopic (exact) mass is 451 g/mol. The van der Waals surface area contributed by atoms with Gasteiger partial charge in [0.05, 0.1) is 40.5 Å². The third-order valence-electron chi connectivity index (χ3n) is 5.14. The molecule has 0 spiro atoms.